The van der Waals surface area contributed by atoms with Gasteiger partial charge in [0.1, 0.15) is 11.6 Å². The highest BCUT2D eigenvalue weighted by atomic mass is 35.5. The largest absolute Gasteiger partial charge is 0.423 e. The molecule has 130 valence electrons. The number of hydrogen-bond donors (Lipinski definition) is 1. The van der Waals surface area contributed by atoms with E-state index in [-0.39, 0.29) is 5.56 Å². The van der Waals surface area contributed by atoms with Gasteiger partial charge in [0.2, 0.25) is 0 Å². The molecule has 0 radical (unpaired) electrons. The standard InChI is InChI=1S/C20H14ClFN2O2/c21-16-5-9-18(10-6-16)24-23-13-14-1-11-19(12-2-14)26-20(25)15-3-7-17(22)8-4-15/h1-13,24H/b23-13+. The molecule has 0 saturated heterocycles. The number of esters is 1. The van der Waals surface area contributed by atoms with E-state index >= 15 is 0 Å². The predicted octanol–water partition coefficient (Wildman–Crippen LogP) is 5.14. The number of hydrazone groups is 1. The van der Waals surface area contributed by atoms with E-state index in [1.165, 1.54) is 24.3 Å². The molecule has 0 saturated carbocycles. The number of nitrogens with zero attached hydrogens (tertiary/aromatic N) is 1. The number of carbonyl (C=O) groups excluding carboxylic acids is 1. The Labute approximate surface area is 154 Å². The Hall–Kier alpha value is -3.18. The SMILES string of the molecule is O=C(Oc1ccc(/C=N/Nc2ccc(Cl)cc2)cc1)c1ccc(F)cc1. The fourth-order valence-electron chi connectivity index (χ4n) is 2.08. The van der Waals surface area contributed by atoms with Gasteiger partial charge in [-0.3, -0.25) is 5.43 Å². The molecule has 0 heterocycles. The van der Waals surface area contributed by atoms with Crippen LogP contribution in [0.1, 0.15) is 15.9 Å². The van der Waals surface area contributed by atoms with Crippen molar-refractivity contribution in [3.8, 4) is 5.75 Å². The third-order valence-electron chi connectivity index (χ3n) is 3.42. The second kappa shape index (κ2) is 8.27. The van der Waals surface area contributed by atoms with Crippen molar-refractivity contribution >= 4 is 29.5 Å². The Morgan fingerprint density at radius 3 is 2.27 bits per heavy atom. The molecule has 4 nitrogen and oxygen atoms in total. The van der Waals surface area contributed by atoms with E-state index in [0.29, 0.717) is 10.8 Å². The number of hydrogen-bond acceptors (Lipinski definition) is 4. The topological polar surface area (TPSA) is 50.7 Å². The summed E-state index contributed by atoms with van der Waals surface area (Å²) in [6.07, 6.45) is 1.64. The quantitative estimate of drug-likeness (QED) is 0.293. The molecule has 26 heavy (non-hydrogen) atoms. The van der Waals surface area contributed by atoms with Crippen molar-refractivity contribution in [2.24, 2.45) is 5.10 Å². The van der Waals surface area contributed by atoms with Gasteiger partial charge in [0.05, 0.1) is 17.5 Å². The van der Waals surface area contributed by atoms with Crippen LogP contribution in [0.15, 0.2) is 77.9 Å². The third kappa shape index (κ3) is 4.91. The average Bonchev–Trinajstić information content (AvgIpc) is 2.65. The summed E-state index contributed by atoms with van der Waals surface area (Å²) in [5.74, 6) is -0.560. The van der Waals surface area contributed by atoms with Gasteiger partial charge < -0.3 is 4.74 Å². The van der Waals surface area contributed by atoms with Crippen LogP contribution in [0, 0.1) is 5.82 Å². The van der Waals surface area contributed by atoms with Gasteiger partial charge in [-0.25, -0.2) is 9.18 Å². The van der Waals surface area contributed by atoms with Crippen LogP contribution >= 0.6 is 11.6 Å². The molecule has 0 aliphatic rings. The molecule has 6 heteroatoms. The number of ether oxygens (including phenoxy) is 1. The molecule has 3 aromatic carbocycles. The van der Waals surface area contributed by atoms with Gasteiger partial charge in [0.25, 0.3) is 0 Å². The Balaban J connectivity index is 1.57. The van der Waals surface area contributed by atoms with Gasteiger partial charge in [-0.1, -0.05) is 11.6 Å². The second-order valence-corrected chi connectivity index (χ2v) is 5.78. The number of benzene rings is 3. The lowest BCUT2D eigenvalue weighted by Gasteiger charge is -2.04. The highest BCUT2D eigenvalue weighted by Crippen LogP contribution is 2.15. The van der Waals surface area contributed by atoms with Crippen LogP contribution in [0.5, 0.6) is 5.75 Å². The number of halogens is 2. The first kappa shape index (κ1) is 17.6. The zero-order chi connectivity index (χ0) is 18.4. The molecular formula is C20H14ClFN2O2. The molecule has 0 fully saturated rings. The zero-order valence-electron chi connectivity index (χ0n) is 13.5. The molecule has 1 N–H and O–H groups in total. The van der Waals surface area contributed by atoms with Gasteiger partial charge >= 0.3 is 5.97 Å². The molecule has 0 spiro atoms. The molecule has 3 aromatic rings. The Morgan fingerprint density at radius 1 is 0.962 bits per heavy atom. The fraction of sp³-hybridized carbons (Fsp3) is 0. The summed E-state index contributed by atoms with van der Waals surface area (Å²) in [6, 6.07) is 19.2. The summed E-state index contributed by atoms with van der Waals surface area (Å²) in [6.45, 7) is 0. The lowest BCUT2D eigenvalue weighted by atomic mass is 10.2. The molecule has 0 bridgehead atoms. The highest BCUT2D eigenvalue weighted by molar-refractivity contribution is 6.30. The fourth-order valence-corrected chi connectivity index (χ4v) is 2.21. The van der Waals surface area contributed by atoms with Crippen LogP contribution in [0.2, 0.25) is 5.02 Å². The maximum absolute atomic E-state index is 12.9. The Bertz CT molecular complexity index is 908. The molecule has 0 aromatic heterocycles. The van der Waals surface area contributed by atoms with E-state index in [0.717, 1.165) is 11.3 Å². The van der Waals surface area contributed by atoms with Gasteiger partial charge in [-0.2, -0.15) is 5.10 Å². The normalized spacial score (nSPS) is 10.7. The molecule has 0 aliphatic heterocycles. The number of nitrogens with one attached hydrogen (secondary N) is 1. The van der Waals surface area contributed by atoms with Gasteiger partial charge in [0, 0.05) is 5.02 Å². The van der Waals surface area contributed by atoms with Crippen molar-refractivity contribution in [1.29, 1.82) is 0 Å². The van der Waals surface area contributed by atoms with Gasteiger partial charge in [0.15, 0.2) is 0 Å². The minimum atomic E-state index is -0.546. The molecule has 0 unspecified atom stereocenters. The minimum absolute atomic E-state index is 0.282. The molecule has 3 rings (SSSR count). The second-order valence-electron chi connectivity index (χ2n) is 5.34. The van der Waals surface area contributed by atoms with Crippen LogP contribution in [-0.4, -0.2) is 12.2 Å². The van der Waals surface area contributed by atoms with E-state index in [2.05, 4.69) is 10.5 Å². The van der Waals surface area contributed by atoms with Crippen LogP contribution in [0.4, 0.5) is 10.1 Å². The van der Waals surface area contributed by atoms with E-state index < -0.39 is 11.8 Å². The number of anilines is 1. The smallest absolute Gasteiger partial charge is 0.343 e. The van der Waals surface area contributed by atoms with E-state index in [1.54, 1.807) is 42.6 Å². The van der Waals surface area contributed by atoms with E-state index in [4.69, 9.17) is 16.3 Å². The number of carbonyl (C=O) groups is 1. The average molecular weight is 369 g/mol. The predicted molar refractivity (Wildman–Crippen MR) is 100 cm³/mol. The summed E-state index contributed by atoms with van der Waals surface area (Å²) in [4.78, 5) is 12.0. The lowest BCUT2D eigenvalue weighted by molar-refractivity contribution is 0.0734. The summed E-state index contributed by atoms with van der Waals surface area (Å²) in [5, 5.41) is 4.78. The third-order valence-corrected chi connectivity index (χ3v) is 3.67. The maximum atomic E-state index is 12.9. The molecular weight excluding hydrogens is 355 g/mol. The summed E-state index contributed by atoms with van der Waals surface area (Å²) in [7, 11) is 0. The highest BCUT2D eigenvalue weighted by Gasteiger charge is 2.08. The van der Waals surface area contributed by atoms with Gasteiger partial charge in [-0.05, 0) is 78.4 Å². The van der Waals surface area contributed by atoms with Crippen molar-refractivity contribution < 1.29 is 13.9 Å². The minimum Gasteiger partial charge on any atom is -0.423 e. The Kier molecular flexibility index (Phi) is 5.61. The van der Waals surface area contributed by atoms with Crippen LogP contribution in [-0.2, 0) is 0 Å². The van der Waals surface area contributed by atoms with E-state index in [9.17, 15) is 9.18 Å². The molecule has 0 aliphatic carbocycles. The summed E-state index contributed by atoms with van der Waals surface area (Å²) >= 11 is 5.82. The first-order valence-electron chi connectivity index (χ1n) is 7.72. The first-order valence-corrected chi connectivity index (χ1v) is 8.10. The van der Waals surface area contributed by atoms with Crippen LogP contribution < -0.4 is 10.2 Å². The zero-order valence-corrected chi connectivity index (χ0v) is 14.3. The summed E-state index contributed by atoms with van der Waals surface area (Å²) in [5.41, 5.74) is 4.81. The first-order chi connectivity index (χ1) is 12.6. The van der Waals surface area contributed by atoms with Gasteiger partial charge in [-0.15, -0.1) is 0 Å². The monoisotopic (exact) mass is 368 g/mol. The van der Waals surface area contributed by atoms with Crippen molar-refractivity contribution in [3.63, 3.8) is 0 Å². The van der Waals surface area contributed by atoms with E-state index in [1.807, 2.05) is 12.1 Å². The lowest BCUT2D eigenvalue weighted by Crippen LogP contribution is -2.08. The number of rotatable bonds is 5. The maximum Gasteiger partial charge on any atom is 0.343 e. The van der Waals surface area contributed by atoms with Crippen molar-refractivity contribution in [3.05, 3.63) is 94.8 Å². The Morgan fingerprint density at radius 2 is 1.62 bits per heavy atom. The van der Waals surface area contributed by atoms with Crippen molar-refractivity contribution in [1.82, 2.24) is 0 Å². The van der Waals surface area contributed by atoms with Crippen LogP contribution in [0.3, 0.4) is 0 Å². The van der Waals surface area contributed by atoms with Crippen molar-refractivity contribution in [2.45, 2.75) is 0 Å². The summed E-state index contributed by atoms with van der Waals surface area (Å²) < 4.78 is 18.1. The molecule has 0 amide bonds. The molecule has 0 atom stereocenters. The van der Waals surface area contributed by atoms with Crippen LogP contribution in [0.25, 0.3) is 0 Å². The van der Waals surface area contributed by atoms with Crippen molar-refractivity contribution in [2.75, 3.05) is 5.43 Å².